The molecule has 1 fully saturated rings. The average molecular weight is 660 g/mol. The van der Waals surface area contributed by atoms with Crippen LogP contribution in [-0.2, 0) is 16.1 Å². The van der Waals surface area contributed by atoms with Gasteiger partial charge in [-0.3, -0.25) is 14.5 Å². The van der Waals surface area contributed by atoms with Crippen LogP contribution in [0.25, 0.3) is 0 Å². The van der Waals surface area contributed by atoms with Crippen LogP contribution in [0.2, 0.25) is 0 Å². The summed E-state index contributed by atoms with van der Waals surface area (Å²) >= 11 is 2.95. The zero-order chi connectivity index (χ0) is 32.8. The molecule has 2 amide bonds. The highest BCUT2D eigenvalue weighted by Gasteiger charge is 2.39. The van der Waals surface area contributed by atoms with Gasteiger partial charge in [0.2, 0.25) is 5.91 Å². The first-order valence-electron chi connectivity index (χ1n) is 15.1. The second kappa shape index (κ2) is 15.1. The highest BCUT2D eigenvalue weighted by atomic mass is 32.2. The predicted molar refractivity (Wildman–Crippen MR) is 191 cm³/mol. The molecular weight excluding hydrogens is 619 g/mol. The lowest BCUT2D eigenvalue weighted by atomic mass is 10.2. The first-order chi connectivity index (χ1) is 22.1. The van der Waals surface area contributed by atoms with E-state index in [4.69, 9.17) is 9.73 Å². The fraction of sp³-hybridized carbons (Fsp3) is 0.324. The Morgan fingerprint density at radius 2 is 1.76 bits per heavy atom. The molecule has 0 atom stereocenters. The van der Waals surface area contributed by atoms with Gasteiger partial charge in [0.1, 0.15) is 17.3 Å². The number of nitrogens with one attached hydrogen (secondary N) is 2. The fourth-order valence-corrected chi connectivity index (χ4v) is 7.23. The lowest BCUT2D eigenvalue weighted by Gasteiger charge is -2.18. The number of hydrogen-bond acceptors (Lipinski definition) is 10. The van der Waals surface area contributed by atoms with E-state index in [0.717, 1.165) is 39.2 Å². The number of benzene rings is 3. The molecule has 12 heteroatoms. The van der Waals surface area contributed by atoms with E-state index >= 15 is 0 Å². The molecule has 0 aliphatic carbocycles. The van der Waals surface area contributed by atoms with Crippen LogP contribution in [0.3, 0.4) is 0 Å². The van der Waals surface area contributed by atoms with E-state index in [1.807, 2.05) is 108 Å². The third kappa shape index (κ3) is 8.05. The third-order valence-electron chi connectivity index (χ3n) is 7.18. The number of amidine groups is 1. The second-order valence-corrected chi connectivity index (χ2v) is 13.5. The highest BCUT2D eigenvalue weighted by Crippen LogP contribution is 2.51. The second-order valence-electron chi connectivity index (χ2n) is 11.5. The lowest BCUT2D eigenvalue weighted by Crippen LogP contribution is -2.29. The Hall–Kier alpha value is -3.97. The van der Waals surface area contributed by atoms with Gasteiger partial charge < -0.3 is 30.1 Å². The van der Waals surface area contributed by atoms with Crippen LogP contribution in [-0.4, -0.2) is 93.2 Å². The summed E-state index contributed by atoms with van der Waals surface area (Å²) < 4.78 is 5.99. The van der Waals surface area contributed by atoms with Crippen molar-refractivity contribution < 1.29 is 14.3 Å². The zero-order valence-electron chi connectivity index (χ0n) is 27.2. The Kier molecular flexibility index (Phi) is 10.9. The van der Waals surface area contributed by atoms with Crippen molar-refractivity contribution in [1.82, 2.24) is 14.7 Å². The van der Waals surface area contributed by atoms with E-state index in [1.54, 1.807) is 16.7 Å². The average Bonchev–Trinajstić information content (AvgIpc) is 3.49. The number of nitrogens with zero attached hydrogens (tertiary/aromatic N) is 5. The number of amides is 2. The van der Waals surface area contributed by atoms with Gasteiger partial charge in [0.15, 0.2) is 5.17 Å². The molecule has 46 heavy (non-hydrogen) atoms. The van der Waals surface area contributed by atoms with Gasteiger partial charge in [-0.2, -0.15) is 0 Å². The summed E-state index contributed by atoms with van der Waals surface area (Å²) in [7, 11) is 9.73. The lowest BCUT2D eigenvalue weighted by molar-refractivity contribution is -0.122. The largest absolute Gasteiger partial charge is 0.492 e. The van der Waals surface area contributed by atoms with E-state index in [1.165, 1.54) is 11.8 Å². The minimum Gasteiger partial charge on any atom is -0.492 e. The molecule has 242 valence electrons. The number of fused-ring (bicyclic) bond motifs is 1. The summed E-state index contributed by atoms with van der Waals surface area (Å²) in [5.74, 6) is 0.582. The summed E-state index contributed by atoms with van der Waals surface area (Å²) in [5.41, 5.74) is 4.09. The fourth-order valence-electron chi connectivity index (χ4n) is 4.92. The maximum absolute atomic E-state index is 14.2. The number of hydrogen-bond donors (Lipinski definition) is 2. The normalized spacial score (nSPS) is 17.0. The molecule has 0 bridgehead atoms. The van der Waals surface area contributed by atoms with Gasteiger partial charge in [-0.25, -0.2) is 4.99 Å². The number of thioether (sulfide) groups is 2. The van der Waals surface area contributed by atoms with Crippen molar-refractivity contribution in [3.8, 4) is 5.75 Å². The van der Waals surface area contributed by atoms with Crippen molar-refractivity contribution in [3.63, 3.8) is 0 Å². The Labute approximate surface area is 279 Å². The number of carbonyl (C=O) groups excluding carboxylic acids is 2. The van der Waals surface area contributed by atoms with Gasteiger partial charge >= 0.3 is 0 Å². The van der Waals surface area contributed by atoms with Crippen LogP contribution < -0.4 is 20.3 Å². The van der Waals surface area contributed by atoms with Crippen molar-refractivity contribution in [2.75, 3.05) is 77.0 Å². The maximum Gasteiger partial charge on any atom is 0.269 e. The van der Waals surface area contributed by atoms with E-state index in [2.05, 4.69) is 26.5 Å². The molecule has 3 aromatic carbocycles. The molecule has 1 saturated heterocycles. The van der Waals surface area contributed by atoms with Crippen molar-refractivity contribution in [2.45, 2.75) is 18.4 Å². The van der Waals surface area contributed by atoms with Gasteiger partial charge in [-0.1, -0.05) is 42.1 Å². The minimum atomic E-state index is -0.116. The molecule has 2 aliphatic rings. The number of aliphatic imine (C=N–C) groups is 1. The van der Waals surface area contributed by atoms with E-state index in [-0.39, 0.29) is 18.4 Å². The predicted octanol–water partition coefficient (Wildman–Crippen LogP) is 5.73. The molecule has 0 saturated carbocycles. The molecule has 10 nitrogen and oxygen atoms in total. The molecule has 0 aromatic heterocycles. The summed E-state index contributed by atoms with van der Waals surface area (Å²) in [6.45, 7) is 4.77. The van der Waals surface area contributed by atoms with E-state index in [0.29, 0.717) is 41.1 Å². The highest BCUT2D eigenvalue weighted by molar-refractivity contribution is 8.19. The van der Waals surface area contributed by atoms with Crippen LogP contribution in [0.1, 0.15) is 12.5 Å². The Morgan fingerprint density at radius 1 is 0.978 bits per heavy atom. The topological polar surface area (TPSA) is 92.7 Å². The minimum absolute atomic E-state index is 0.0994. The van der Waals surface area contributed by atoms with E-state index in [9.17, 15) is 9.59 Å². The van der Waals surface area contributed by atoms with E-state index < -0.39 is 0 Å². The summed E-state index contributed by atoms with van der Waals surface area (Å²) in [4.78, 5) is 41.2. The number of carbonyl (C=O) groups is 2. The number of likely N-dealkylation sites (N-methyl/N-ethyl adjacent to an activating group) is 2. The molecule has 2 aliphatic heterocycles. The van der Waals surface area contributed by atoms with Gasteiger partial charge in [0.05, 0.1) is 35.2 Å². The molecule has 2 N–H and O–H groups in total. The Bertz CT molecular complexity index is 1640. The van der Waals surface area contributed by atoms with Crippen molar-refractivity contribution in [1.29, 1.82) is 0 Å². The van der Waals surface area contributed by atoms with Crippen LogP contribution in [0.4, 0.5) is 22.7 Å². The molecule has 0 spiro atoms. The van der Waals surface area contributed by atoms with Crippen molar-refractivity contribution in [3.05, 3.63) is 82.2 Å². The monoisotopic (exact) mass is 659 g/mol. The van der Waals surface area contributed by atoms with Crippen molar-refractivity contribution in [2.24, 2.45) is 4.99 Å². The molecule has 2 heterocycles. The SMILES string of the molecule is CCNc1ccc(NC(=O)CN(C)C)cc1/N=C1/S/C(=C2\Sc3ccc(OCCN(C)C)cc3N2C)C(=O)N1Cc1ccccc1. The quantitative estimate of drug-likeness (QED) is 0.237. The van der Waals surface area contributed by atoms with Gasteiger partial charge in [-0.05, 0) is 82.8 Å². The van der Waals surface area contributed by atoms with Crippen molar-refractivity contribution >= 4 is 63.3 Å². The number of ether oxygens (including phenoxy) is 1. The Morgan fingerprint density at radius 3 is 2.48 bits per heavy atom. The molecule has 0 radical (unpaired) electrons. The number of rotatable bonds is 12. The first-order valence-corrected chi connectivity index (χ1v) is 16.8. The Balaban J connectivity index is 1.50. The summed E-state index contributed by atoms with van der Waals surface area (Å²) in [6.07, 6.45) is 0. The standard InChI is InChI=1S/C34H41N7O3S2/c1-7-35-26-15-13-24(36-30(42)22-39(4)5)19-27(26)37-34-41(21-23-11-9-8-10-12-23)32(43)31(46-34)33-40(6)28-20-25(14-16-29(28)45-33)44-18-17-38(2)3/h8-16,19-20,35H,7,17-18,21-22H2,1-6H3,(H,36,42)/b33-31-,37-34+. The third-order valence-corrected chi connectivity index (χ3v) is 9.61. The van der Waals surface area contributed by atoms with Crippen LogP contribution in [0.15, 0.2) is 86.6 Å². The maximum atomic E-state index is 14.2. The van der Waals surface area contributed by atoms with Gasteiger partial charge in [0.25, 0.3) is 5.91 Å². The molecule has 5 rings (SSSR count). The summed E-state index contributed by atoms with van der Waals surface area (Å²) in [5, 5.41) is 7.76. The van der Waals surface area contributed by atoms with Crippen LogP contribution >= 0.6 is 23.5 Å². The molecule has 0 unspecified atom stereocenters. The summed E-state index contributed by atoms with van der Waals surface area (Å²) in [6, 6.07) is 21.6. The molecule has 3 aromatic rings. The van der Waals surface area contributed by atoms with Crippen LogP contribution in [0.5, 0.6) is 5.75 Å². The van der Waals surface area contributed by atoms with Gasteiger partial charge in [0, 0.05) is 36.8 Å². The number of anilines is 3. The molecular formula is C34H41N7O3S2. The zero-order valence-corrected chi connectivity index (χ0v) is 28.8. The first kappa shape index (κ1) is 33.4. The van der Waals surface area contributed by atoms with Gasteiger partial charge in [-0.15, -0.1) is 0 Å². The van der Waals surface area contributed by atoms with Crippen LogP contribution in [0, 0.1) is 0 Å². The smallest absolute Gasteiger partial charge is 0.269 e.